The van der Waals surface area contributed by atoms with E-state index in [0.29, 0.717) is 0 Å². The van der Waals surface area contributed by atoms with Gasteiger partial charge in [0.05, 0.1) is 6.61 Å². The minimum Gasteiger partial charge on any atom is -0.393 e. The van der Waals surface area contributed by atoms with Gasteiger partial charge < -0.3 is 10.4 Å². The lowest BCUT2D eigenvalue weighted by molar-refractivity contribution is -0.120. The molecule has 0 aromatic carbocycles. The summed E-state index contributed by atoms with van der Waals surface area (Å²) in [6.45, 7) is 3.33. The van der Waals surface area contributed by atoms with Crippen molar-refractivity contribution in [3.05, 3.63) is 11.8 Å². The van der Waals surface area contributed by atoms with E-state index < -0.39 is 5.54 Å². The van der Waals surface area contributed by atoms with Gasteiger partial charge in [-0.05, 0) is 13.8 Å². The Bertz CT molecular complexity index is 198. The van der Waals surface area contributed by atoms with Gasteiger partial charge in [-0.15, -0.1) is 0 Å². The molecular formula is C7H11NO2. The number of carbonyl (C=O) groups excluding carboxylic acids is 1. The zero-order valence-electron chi connectivity index (χ0n) is 6.14. The minimum atomic E-state index is -0.760. The second kappa shape index (κ2) is 2.09. The number of carbonyl (C=O) groups is 1. The van der Waals surface area contributed by atoms with Crippen molar-refractivity contribution in [2.75, 3.05) is 6.61 Å². The average molecular weight is 141 g/mol. The normalized spacial score (nSPS) is 31.9. The Morgan fingerprint density at radius 3 is 2.60 bits per heavy atom. The molecule has 3 nitrogen and oxygen atoms in total. The van der Waals surface area contributed by atoms with Crippen LogP contribution in [0.4, 0.5) is 0 Å². The summed E-state index contributed by atoms with van der Waals surface area (Å²) >= 11 is 0. The van der Waals surface area contributed by atoms with Crippen LogP contribution >= 0.6 is 0 Å². The van der Waals surface area contributed by atoms with E-state index in [1.165, 1.54) is 6.08 Å². The van der Waals surface area contributed by atoms with Crippen molar-refractivity contribution in [1.82, 2.24) is 5.32 Å². The van der Waals surface area contributed by atoms with Crippen LogP contribution in [0.25, 0.3) is 0 Å². The maximum absolute atomic E-state index is 11.0. The number of rotatable bonds is 1. The number of hydrogen-bond acceptors (Lipinski definition) is 3. The highest BCUT2D eigenvalue weighted by atomic mass is 16.3. The Labute approximate surface area is 59.7 Å². The third kappa shape index (κ3) is 0.926. The molecule has 1 rings (SSSR count). The van der Waals surface area contributed by atoms with E-state index in [1.807, 2.05) is 0 Å². The topological polar surface area (TPSA) is 49.3 Å². The van der Waals surface area contributed by atoms with Crippen LogP contribution in [0.3, 0.4) is 0 Å². The first-order chi connectivity index (χ1) is 4.58. The molecule has 10 heavy (non-hydrogen) atoms. The van der Waals surface area contributed by atoms with Crippen molar-refractivity contribution >= 4 is 5.78 Å². The fraction of sp³-hybridized carbons (Fsp3) is 0.571. The fourth-order valence-corrected chi connectivity index (χ4v) is 1.01. The predicted molar refractivity (Wildman–Crippen MR) is 37.4 cm³/mol. The molecule has 0 saturated carbocycles. The van der Waals surface area contributed by atoms with Crippen LogP contribution in [0.2, 0.25) is 0 Å². The lowest BCUT2D eigenvalue weighted by Crippen LogP contribution is -2.46. The highest BCUT2D eigenvalue weighted by molar-refractivity contribution is 6.00. The van der Waals surface area contributed by atoms with E-state index in [4.69, 9.17) is 5.11 Å². The summed E-state index contributed by atoms with van der Waals surface area (Å²) in [6.07, 6.45) is 1.51. The molecule has 1 aliphatic rings. The van der Waals surface area contributed by atoms with Gasteiger partial charge in [-0.2, -0.15) is 0 Å². The first-order valence-corrected chi connectivity index (χ1v) is 3.20. The molecule has 0 aliphatic carbocycles. The summed E-state index contributed by atoms with van der Waals surface area (Å²) in [7, 11) is 0. The molecular weight excluding hydrogens is 130 g/mol. The van der Waals surface area contributed by atoms with Gasteiger partial charge in [-0.25, -0.2) is 0 Å². The number of allylic oxidation sites excluding steroid dienone is 1. The van der Waals surface area contributed by atoms with Crippen LogP contribution in [-0.2, 0) is 4.79 Å². The second-order valence-corrected chi connectivity index (χ2v) is 2.81. The third-order valence-electron chi connectivity index (χ3n) is 1.68. The SMILES string of the molecule is CC1=CC(=O)[C@@](C)(CO)N1. The van der Waals surface area contributed by atoms with Gasteiger partial charge in [0.1, 0.15) is 5.54 Å². The van der Waals surface area contributed by atoms with E-state index >= 15 is 0 Å². The molecule has 0 spiro atoms. The van der Waals surface area contributed by atoms with Crippen LogP contribution in [0.15, 0.2) is 11.8 Å². The van der Waals surface area contributed by atoms with Gasteiger partial charge in [-0.1, -0.05) is 0 Å². The second-order valence-electron chi connectivity index (χ2n) is 2.81. The Hall–Kier alpha value is -0.830. The fourth-order valence-electron chi connectivity index (χ4n) is 1.01. The van der Waals surface area contributed by atoms with Crippen molar-refractivity contribution in [3.8, 4) is 0 Å². The standard InChI is InChI=1S/C7H11NO2/c1-5-3-6(10)7(2,4-9)8-5/h3,8-9H,4H2,1-2H3/t7-/m1/s1. The Kier molecular flexibility index (Phi) is 1.52. The van der Waals surface area contributed by atoms with Gasteiger partial charge in [-0.3, -0.25) is 4.79 Å². The minimum absolute atomic E-state index is 0.0486. The molecule has 0 radical (unpaired) electrons. The number of aliphatic hydroxyl groups excluding tert-OH is 1. The predicted octanol–water partition coefficient (Wildman–Crippen LogP) is -0.186. The first-order valence-electron chi connectivity index (χ1n) is 3.20. The third-order valence-corrected chi connectivity index (χ3v) is 1.68. The molecule has 1 atom stereocenters. The monoisotopic (exact) mass is 141 g/mol. The quantitative estimate of drug-likeness (QED) is 0.532. The van der Waals surface area contributed by atoms with Crippen molar-refractivity contribution in [1.29, 1.82) is 0 Å². The molecule has 0 bridgehead atoms. The molecule has 1 aliphatic heterocycles. The van der Waals surface area contributed by atoms with Crippen molar-refractivity contribution < 1.29 is 9.90 Å². The van der Waals surface area contributed by atoms with E-state index in [2.05, 4.69) is 5.32 Å². The van der Waals surface area contributed by atoms with Crippen molar-refractivity contribution in [2.24, 2.45) is 0 Å². The molecule has 0 amide bonds. The van der Waals surface area contributed by atoms with E-state index in [1.54, 1.807) is 13.8 Å². The van der Waals surface area contributed by atoms with Gasteiger partial charge in [0.2, 0.25) is 0 Å². The Morgan fingerprint density at radius 2 is 2.40 bits per heavy atom. The highest BCUT2D eigenvalue weighted by Gasteiger charge is 2.34. The van der Waals surface area contributed by atoms with Gasteiger partial charge in [0, 0.05) is 11.8 Å². The first kappa shape index (κ1) is 7.28. The van der Waals surface area contributed by atoms with E-state index in [0.717, 1.165) is 5.70 Å². The van der Waals surface area contributed by atoms with E-state index in [9.17, 15) is 4.79 Å². The number of nitrogens with one attached hydrogen (secondary N) is 1. The number of ketones is 1. The molecule has 56 valence electrons. The average Bonchev–Trinajstić information content (AvgIpc) is 2.09. The zero-order chi connectivity index (χ0) is 7.78. The Balaban J connectivity index is 2.81. The molecule has 0 aromatic rings. The molecule has 0 saturated heterocycles. The summed E-state index contributed by atoms with van der Waals surface area (Å²) in [4.78, 5) is 11.0. The Morgan fingerprint density at radius 1 is 1.80 bits per heavy atom. The van der Waals surface area contributed by atoms with Gasteiger partial charge in [0.15, 0.2) is 5.78 Å². The molecule has 0 fully saturated rings. The summed E-state index contributed by atoms with van der Waals surface area (Å²) in [5.41, 5.74) is 0.0610. The summed E-state index contributed by atoms with van der Waals surface area (Å²) in [6, 6.07) is 0. The van der Waals surface area contributed by atoms with Crippen LogP contribution in [0.1, 0.15) is 13.8 Å². The molecule has 0 unspecified atom stereocenters. The number of hydrogen-bond donors (Lipinski definition) is 2. The molecule has 2 N–H and O–H groups in total. The van der Waals surface area contributed by atoms with Crippen LogP contribution < -0.4 is 5.32 Å². The van der Waals surface area contributed by atoms with Gasteiger partial charge in [0.25, 0.3) is 0 Å². The summed E-state index contributed by atoms with van der Waals surface area (Å²) in [5.74, 6) is -0.0486. The maximum atomic E-state index is 11.0. The van der Waals surface area contributed by atoms with E-state index in [-0.39, 0.29) is 12.4 Å². The lowest BCUT2D eigenvalue weighted by Gasteiger charge is -2.20. The largest absolute Gasteiger partial charge is 0.393 e. The van der Waals surface area contributed by atoms with Crippen LogP contribution in [0, 0.1) is 0 Å². The molecule has 0 aromatic heterocycles. The molecule has 3 heteroatoms. The van der Waals surface area contributed by atoms with Crippen molar-refractivity contribution in [3.63, 3.8) is 0 Å². The van der Waals surface area contributed by atoms with Crippen LogP contribution in [-0.4, -0.2) is 23.0 Å². The summed E-state index contributed by atoms with van der Waals surface area (Å²) < 4.78 is 0. The van der Waals surface area contributed by atoms with Crippen LogP contribution in [0.5, 0.6) is 0 Å². The van der Waals surface area contributed by atoms with Crippen molar-refractivity contribution in [2.45, 2.75) is 19.4 Å². The smallest absolute Gasteiger partial charge is 0.184 e. The van der Waals surface area contributed by atoms with Gasteiger partial charge >= 0.3 is 0 Å². The molecule has 1 heterocycles. The summed E-state index contributed by atoms with van der Waals surface area (Å²) in [5, 5.41) is 11.7. The lowest BCUT2D eigenvalue weighted by atomic mass is 10.0. The highest BCUT2D eigenvalue weighted by Crippen LogP contribution is 2.15. The number of aliphatic hydroxyl groups is 1. The maximum Gasteiger partial charge on any atom is 0.184 e. The zero-order valence-corrected chi connectivity index (χ0v) is 6.14.